The van der Waals surface area contributed by atoms with E-state index in [1.807, 2.05) is 24.3 Å². The Labute approximate surface area is 105 Å². The molecule has 0 unspecified atom stereocenters. The second kappa shape index (κ2) is 4.61. The SMILES string of the molecule is CCCc1cccc(-c2nc3ncccc3o2)c1. The molecule has 2 aromatic heterocycles. The first-order valence-corrected chi connectivity index (χ1v) is 6.17. The molecule has 2 heterocycles. The highest BCUT2D eigenvalue weighted by Crippen LogP contribution is 2.23. The number of hydrogen-bond donors (Lipinski definition) is 0. The standard InChI is InChI=1S/C15H14N2O/c1-2-5-11-6-3-7-12(10-11)15-17-14-13(18-15)8-4-9-16-14/h3-4,6-10H,2,5H2,1H3. The van der Waals surface area contributed by atoms with E-state index in [1.54, 1.807) is 6.20 Å². The third-order valence-corrected chi connectivity index (χ3v) is 2.88. The van der Waals surface area contributed by atoms with Crippen molar-refractivity contribution >= 4 is 11.2 Å². The van der Waals surface area contributed by atoms with E-state index in [9.17, 15) is 0 Å². The zero-order chi connectivity index (χ0) is 12.4. The summed E-state index contributed by atoms with van der Waals surface area (Å²) < 4.78 is 5.71. The topological polar surface area (TPSA) is 38.9 Å². The van der Waals surface area contributed by atoms with Crippen LogP contribution in [0, 0.1) is 0 Å². The van der Waals surface area contributed by atoms with Gasteiger partial charge in [0.05, 0.1) is 0 Å². The van der Waals surface area contributed by atoms with Gasteiger partial charge in [-0.05, 0) is 36.2 Å². The van der Waals surface area contributed by atoms with E-state index < -0.39 is 0 Å². The lowest BCUT2D eigenvalue weighted by molar-refractivity contribution is 0.619. The average molecular weight is 238 g/mol. The molecule has 90 valence electrons. The number of benzene rings is 1. The monoisotopic (exact) mass is 238 g/mol. The summed E-state index contributed by atoms with van der Waals surface area (Å²) in [5.41, 5.74) is 3.71. The van der Waals surface area contributed by atoms with Crippen LogP contribution in [0.1, 0.15) is 18.9 Å². The molecule has 0 N–H and O–H groups in total. The summed E-state index contributed by atoms with van der Waals surface area (Å²) in [5.74, 6) is 0.640. The van der Waals surface area contributed by atoms with Crippen molar-refractivity contribution < 1.29 is 4.42 Å². The van der Waals surface area contributed by atoms with Crippen LogP contribution in [0.3, 0.4) is 0 Å². The van der Waals surface area contributed by atoms with Crippen LogP contribution in [0.4, 0.5) is 0 Å². The van der Waals surface area contributed by atoms with Crippen molar-refractivity contribution in [2.45, 2.75) is 19.8 Å². The fraction of sp³-hybridized carbons (Fsp3) is 0.200. The van der Waals surface area contributed by atoms with Crippen molar-refractivity contribution in [3.63, 3.8) is 0 Å². The highest BCUT2D eigenvalue weighted by Gasteiger charge is 2.08. The maximum absolute atomic E-state index is 5.71. The van der Waals surface area contributed by atoms with Crippen LogP contribution in [0.25, 0.3) is 22.7 Å². The van der Waals surface area contributed by atoms with Gasteiger partial charge >= 0.3 is 0 Å². The van der Waals surface area contributed by atoms with Gasteiger partial charge in [0, 0.05) is 11.8 Å². The zero-order valence-electron chi connectivity index (χ0n) is 10.3. The molecular formula is C15H14N2O. The summed E-state index contributed by atoms with van der Waals surface area (Å²) in [6.45, 7) is 2.18. The second-order valence-electron chi connectivity index (χ2n) is 4.29. The van der Waals surface area contributed by atoms with E-state index in [2.05, 4.69) is 29.0 Å². The molecule has 0 fully saturated rings. The molecular weight excluding hydrogens is 224 g/mol. The minimum absolute atomic E-state index is 0.640. The lowest BCUT2D eigenvalue weighted by Gasteiger charge is -2.00. The predicted octanol–water partition coefficient (Wildman–Crippen LogP) is 3.84. The lowest BCUT2D eigenvalue weighted by atomic mass is 10.1. The third kappa shape index (κ3) is 1.99. The van der Waals surface area contributed by atoms with Crippen molar-refractivity contribution in [2.75, 3.05) is 0 Å². The maximum atomic E-state index is 5.71. The minimum atomic E-state index is 0.640. The smallest absolute Gasteiger partial charge is 0.228 e. The van der Waals surface area contributed by atoms with Crippen molar-refractivity contribution in [3.05, 3.63) is 48.2 Å². The molecule has 1 aromatic carbocycles. The molecule has 0 atom stereocenters. The van der Waals surface area contributed by atoms with E-state index in [0.717, 1.165) is 24.0 Å². The number of oxazole rings is 1. The van der Waals surface area contributed by atoms with Crippen molar-refractivity contribution in [1.29, 1.82) is 0 Å². The Morgan fingerprint density at radius 3 is 2.94 bits per heavy atom. The van der Waals surface area contributed by atoms with Gasteiger partial charge < -0.3 is 4.42 Å². The number of fused-ring (bicyclic) bond motifs is 1. The summed E-state index contributed by atoms with van der Waals surface area (Å²) in [5, 5.41) is 0. The number of pyridine rings is 1. The van der Waals surface area contributed by atoms with Gasteiger partial charge in [0.15, 0.2) is 11.2 Å². The Morgan fingerprint density at radius 1 is 1.17 bits per heavy atom. The minimum Gasteiger partial charge on any atom is -0.434 e. The summed E-state index contributed by atoms with van der Waals surface area (Å²) >= 11 is 0. The van der Waals surface area contributed by atoms with Gasteiger partial charge in [-0.2, -0.15) is 4.98 Å². The lowest BCUT2D eigenvalue weighted by Crippen LogP contribution is -1.84. The van der Waals surface area contributed by atoms with Crippen LogP contribution in [0.2, 0.25) is 0 Å². The first kappa shape index (κ1) is 11.0. The van der Waals surface area contributed by atoms with Crippen LogP contribution in [0.5, 0.6) is 0 Å². The van der Waals surface area contributed by atoms with Crippen molar-refractivity contribution in [3.8, 4) is 11.5 Å². The van der Waals surface area contributed by atoms with Gasteiger partial charge in [0.2, 0.25) is 5.89 Å². The van der Waals surface area contributed by atoms with Gasteiger partial charge in [0.1, 0.15) is 0 Å². The first-order chi connectivity index (χ1) is 8.86. The summed E-state index contributed by atoms with van der Waals surface area (Å²) in [6.07, 6.45) is 3.94. The van der Waals surface area contributed by atoms with E-state index in [1.165, 1.54) is 5.56 Å². The summed E-state index contributed by atoms with van der Waals surface area (Å²) in [6, 6.07) is 12.1. The molecule has 3 heteroatoms. The highest BCUT2D eigenvalue weighted by atomic mass is 16.3. The van der Waals surface area contributed by atoms with Crippen molar-refractivity contribution in [2.24, 2.45) is 0 Å². The van der Waals surface area contributed by atoms with Crippen LogP contribution < -0.4 is 0 Å². The summed E-state index contributed by atoms with van der Waals surface area (Å²) in [4.78, 5) is 8.59. The normalized spacial score (nSPS) is 10.9. The largest absolute Gasteiger partial charge is 0.434 e. The number of aromatic nitrogens is 2. The van der Waals surface area contributed by atoms with Gasteiger partial charge in [-0.1, -0.05) is 25.5 Å². The quantitative estimate of drug-likeness (QED) is 0.695. The Morgan fingerprint density at radius 2 is 2.11 bits per heavy atom. The third-order valence-electron chi connectivity index (χ3n) is 2.88. The Hall–Kier alpha value is -2.16. The van der Waals surface area contributed by atoms with Crippen LogP contribution in [-0.2, 0) is 6.42 Å². The molecule has 0 amide bonds. The molecule has 3 nitrogen and oxygen atoms in total. The fourth-order valence-corrected chi connectivity index (χ4v) is 2.04. The fourth-order valence-electron chi connectivity index (χ4n) is 2.04. The molecule has 0 radical (unpaired) electrons. The van der Waals surface area contributed by atoms with Gasteiger partial charge in [0.25, 0.3) is 0 Å². The van der Waals surface area contributed by atoms with E-state index >= 15 is 0 Å². The molecule has 0 aliphatic heterocycles. The Balaban J connectivity index is 2.05. The number of nitrogens with zero attached hydrogens (tertiary/aromatic N) is 2. The van der Waals surface area contributed by atoms with Crippen LogP contribution >= 0.6 is 0 Å². The Bertz CT molecular complexity index is 640. The first-order valence-electron chi connectivity index (χ1n) is 6.17. The summed E-state index contributed by atoms with van der Waals surface area (Å²) in [7, 11) is 0. The van der Waals surface area contributed by atoms with E-state index in [-0.39, 0.29) is 0 Å². The highest BCUT2D eigenvalue weighted by molar-refractivity contribution is 5.72. The van der Waals surface area contributed by atoms with Crippen LogP contribution in [-0.4, -0.2) is 9.97 Å². The van der Waals surface area contributed by atoms with Gasteiger partial charge in [-0.15, -0.1) is 0 Å². The predicted molar refractivity (Wildman–Crippen MR) is 71.2 cm³/mol. The molecule has 0 spiro atoms. The molecule has 0 bridgehead atoms. The molecule has 18 heavy (non-hydrogen) atoms. The molecule has 0 aliphatic rings. The second-order valence-corrected chi connectivity index (χ2v) is 4.29. The maximum Gasteiger partial charge on any atom is 0.228 e. The average Bonchev–Trinajstić information content (AvgIpc) is 2.83. The number of hydrogen-bond acceptors (Lipinski definition) is 3. The van der Waals surface area contributed by atoms with Gasteiger partial charge in [-0.3, -0.25) is 0 Å². The van der Waals surface area contributed by atoms with Gasteiger partial charge in [-0.25, -0.2) is 4.98 Å². The van der Waals surface area contributed by atoms with Crippen molar-refractivity contribution in [1.82, 2.24) is 9.97 Å². The Kier molecular flexibility index (Phi) is 2.81. The van der Waals surface area contributed by atoms with E-state index in [4.69, 9.17) is 4.42 Å². The molecule has 3 aromatic rings. The zero-order valence-corrected chi connectivity index (χ0v) is 10.3. The van der Waals surface area contributed by atoms with Crippen LogP contribution in [0.15, 0.2) is 47.0 Å². The molecule has 3 rings (SSSR count). The molecule has 0 saturated heterocycles. The molecule has 0 aliphatic carbocycles. The number of aryl methyl sites for hydroxylation is 1. The molecule has 0 saturated carbocycles. The van der Waals surface area contributed by atoms with E-state index in [0.29, 0.717) is 11.5 Å². The number of rotatable bonds is 3.